The fraction of sp³-hybridized carbons (Fsp3) is 0. The van der Waals surface area contributed by atoms with Crippen molar-refractivity contribution in [1.29, 1.82) is 0 Å². The average Bonchev–Trinajstić information content (AvgIpc) is 0.811. The summed E-state index contributed by atoms with van der Waals surface area (Å²) >= 11 is -3.29. The van der Waals surface area contributed by atoms with Crippen LogP contribution in [0.2, 0.25) is 0 Å². The molecular weight excluding hydrogens is 253 g/mol. The molecule has 0 unspecified atom stereocenters. The minimum absolute atomic E-state index is 0. The molecule has 0 fully saturated rings. The van der Waals surface area contributed by atoms with Crippen molar-refractivity contribution in [3.05, 3.63) is 0 Å². The van der Waals surface area contributed by atoms with Gasteiger partial charge in [0.05, 0.1) is 0 Å². The molecule has 0 heterocycles. The SMILES string of the molecule is O.O.O.O.O.O=[Se](O)O.[Na+].[Na+]. The monoisotopic (exact) mass is 266 g/mol. The van der Waals surface area contributed by atoms with E-state index in [2.05, 4.69) is 0 Å². The first-order chi connectivity index (χ1) is 1.73. The van der Waals surface area contributed by atoms with Crippen molar-refractivity contribution < 1.29 is 98.7 Å². The minimum Gasteiger partial charge on any atom is 1.00 e. The van der Waals surface area contributed by atoms with Gasteiger partial charge in [0.25, 0.3) is 0 Å². The van der Waals surface area contributed by atoms with Crippen LogP contribution < -0.4 is 59.1 Å². The first-order valence-electron chi connectivity index (χ1n) is 0.532. The third-order valence-electron chi connectivity index (χ3n) is 0. The van der Waals surface area contributed by atoms with Crippen molar-refractivity contribution in [2.75, 3.05) is 0 Å². The molecule has 8 nitrogen and oxygen atoms in total. The van der Waals surface area contributed by atoms with Crippen molar-refractivity contribution in [2.45, 2.75) is 0 Å². The maximum absolute atomic E-state index is 8.76. The van der Waals surface area contributed by atoms with Gasteiger partial charge in [0.15, 0.2) is 0 Å². The Morgan fingerprint density at radius 1 is 0.727 bits per heavy atom. The van der Waals surface area contributed by atoms with Gasteiger partial charge in [0.2, 0.25) is 0 Å². The van der Waals surface area contributed by atoms with E-state index in [0.29, 0.717) is 0 Å². The quantitative estimate of drug-likeness (QED) is 0.408. The zero-order chi connectivity index (χ0) is 3.58. The molecule has 11 heteroatoms. The zero-order valence-electron chi connectivity index (χ0n) is 6.21. The second-order valence-electron chi connectivity index (χ2n) is 0.231. The Labute approximate surface area is 112 Å². The van der Waals surface area contributed by atoms with E-state index in [1.54, 1.807) is 0 Å². The molecule has 0 saturated heterocycles. The number of rotatable bonds is 0. The van der Waals surface area contributed by atoms with E-state index in [1.165, 1.54) is 0 Å². The maximum Gasteiger partial charge on any atom is 1.00 e. The predicted octanol–water partition coefficient (Wildman–Crippen LogP) is -11.7. The molecular formula is H12Na2O8Se+2. The van der Waals surface area contributed by atoms with Crippen molar-refractivity contribution in [3.63, 3.8) is 0 Å². The number of hydrogen-bond acceptors (Lipinski definition) is 1. The van der Waals surface area contributed by atoms with E-state index in [0.717, 1.165) is 0 Å². The Bertz CT molecular complexity index is 35.1. The van der Waals surface area contributed by atoms with Crippen LogP contribution in [-0.2, 0) is 3.83 Å². The fourth-order valence-electron chi connectivity index (χ4n) is 0. The molecule has 0 atom stereocenters. The summed E-state index contributed by atoms with van der Waals surface area (Å²) in [5.74, 6) is 0. The molecule has 0 radical (unpaired) electrons. The van der Waals surface area contributed by atoms with E-state index in [4.69, 9.17) is 12.2 Å². The third-order valence-corrected chi connectivity index (χ3v) is 0. The molecule has 0 aromatic rings. The largest absolute Gasteiger partial charge is 1.00 e. The van der Waals surface area contributed by atoms with Gasteiger partial charge < -0.3 is 27.4 Å². The van der Waals surface area contributed by atoms with Crippen molar-refractivity contribution in [1.82, 2.24) is 0 Å². The molecule has 12 N–H and O–H groups in total. The van der Waals surface area contributed by atoms with Crippen LogP contribution in [0.3, 0.4) is 0 Å². The van der Waals surface area contributed by atoms with Gasteiger partial charge in [-0.1, -0.05) is 0 Å². The normalized spacial score (nSPS) is 3.18. The van der Waals surface area contributed by atoms with E-state index in [-0.39, 0.29) is 86.5 Å². The van der Waals surface area contributed by atoms with E-state index >= 15 is 0 Å². The number of hydrogen-bond donors (Lipinski definition) is 2. The van der Waals surface area contributed by atoms with Crippen LogP contribution in [-0.4, -0.2) is 50.3 Å². The summed E-state index contributed by atoms with van der Waals surface area (Å²) in [5, 5.41) is 0. The zero-order valence-corrected chi connectivity index (χ0v) is 11.9. The Balaban J connectivity index is -0.00000000214. The van der Waals surface area contributed by atoms with Gasteiger partial charge in [-0.15, -0.1) is 0 Å². The van der Waals surface area contributed by atoms with Gasteiger partial charge >= 0.3 is 85.8 Å². The molecule has 11 heavy (non-hydrogen) atoms. The molecule has 0 spiro atoms. The smallest absolute Gasteiger partial charge is 1.00 e. The fourth-order valence-corrected chi connectivity index (χ4v) is 0. The Morgan fingerprint density at radius 3 is 0.727 bits per heavy atom. The molecule has 0 saturated carbocycles. The molecule has 0 aliphatic heterocycles. The van der Waals surface area contributed by atoms with E-state index < -0.39 is 14.5 Å². The van der Waals surface area contributed by atoms with Crippen LogP contribution in [0.15, 0.2) is 0 Å². The first kappa shape index (κ1) is 74.4. The summed E-state index contributed by atoms with van der Waals surface area (Å²) in [6.45, 7) is 0. The maximum atomic E-state index is 8.76. The van der Waals surface area contributed by atoms with Gasteiger partial charge in [-0.3, -0.25) is 0 Å². The topological polar surface area (TPSA) is 215 Å². The van der Waals surface area contributed by atoms with Crippen LogP contribution in [0, 0.1) is 0 Å². The molecule has 0 aromatic carbocycles. The molecule has 0 rings (SSSR count). The van der Waals surface area contributed by atoms with Crippen molar-refractivity contribution >= 4 is 14.5 Å². The molecule has 0 aliphatic carbocycles. The molecule has 0 aliphatic rings. The molecule has 66 valence electrons. The minimum atomic E-state index is -3.29. The average molecular weight is 265 g/mol. The predicted molar refractivity (Wildman–Crippen MR) is 28.9 cm³/mol. The molecule has 0 amide bonds. The van der Waals surface area contributed by atoms with Gasteiger partial charge in [-0.25, -0.2) is 0 Å². The van der Waals surface area contributed by atoms with Gasteiger partial charge in [-0.05, 0) is 0 Å². The van der Waals surface area contributed by atoms with Crippen LogP contribution in [0.5, 0.6) is 0 Å². The van der Waals surface area contributed by atoms with Gasteiger partial charge in [0.1, 0.15) is 0 Å². The van der Waals surface area contributed by atoms with Crippen LogP contribution in [0.1, 0.15) is 0 Å². The van der Waals surface area contributed by atoms with Crippen molar-refractivity contribution in [3.8, 4) is 0 Å². The summed E-state index contributed by atoms with van der Waals surface area (Å²) in [6, 6.07) is 0. The molecule has 0 bridgehead atoms. The Hall–Kier alpha value is 2.04. The Kier molecular flexibility index (Phi) is 391. The molecule has 0 aromatic heterocycles. The van der Waals surface area contributed by atoms with Gasteiger partial charge in [0, 0.05) is 0 Å². The first-order valence-corrected chi connectivity index (χ1v) is 2.76. The van der Waals surface area contributed by atoms with Crippen LogP contribution >= 0.6 is 0 Å². The summed E-state index contributed by atoms with van der Waals surface area (Å²) in [4.78, 5) is 0. The summed E-state index contributed by atoms with van der Waals surface area (Å²) in [5.41, 5.74) is 0. The summed E-state index contributed by atoms with van der Waals surface area (Å²) in [6.07, 6.45) is 0. The van der Waals surface area contributed by atoms with E-state index in [9.17, 15) is 0 Å². The van der Waals surface area contributed by atoms with Crippen molar-refractivity contribution in [2.24, 2.45) is 0 Å². The summed E-state index contributed by atoms with van der Waals surface area (Å²) < 4.78 is 23.1. The van der Waals surface area contributed by atoms with Crippen LogP contribution in [0.25, 0.3) is 0 Å². The second kappa shape index (κ2) is 57.8. The van der Waals surface area contributed by atoms with Crippen LogP contribution in [0.4, 0.5) is 0 Å². The third kappa shape index (κ3) is 292. The van der Waals surface area contributed by atoms with Gasteiger partial charge in [-0.2, -0.15) is 0 Å². The summed E-state index contributed by atoms with van der Waals surface area (Å²) in [7, 11) is 0. The Morgan fingerprint density at radius 2 is 0.727 bits per heavy atom. The standard InChI is InChI=1S/2Na.H2O3Se.5H2O/c;;1-4(2)3;;;;;/h;;(H2,1,2,3);5*1H2/q2*+1;;;;;;. The second-order valence-corrected chi connectivity index (χ2v) is 1.20. The van der Waals surface area contributed by atoms with E-state index in [1.807, 2.05) is 0 Å².